The van der Waals surface area contributed by atoms with Gasteiger partial charge in [-0.05, 0) is 41.8 Å². The Bertz CT molecular complexity index is 1430. The Morgan fingerprint density at radius 3 is 2.60 bits per heavy atom. The molecular weight excluding hydrogens is 460 g/mol. The highest BCUT2D eigenvalue weighted by Gasteiger charge is 2.17. The van der Waals surface area contributed by atoms with E-state index in [0.717, 1.165) is 26.9 Å². The number of carbonyl (C=O) groups excluding carboxylic acids is 1. The summed E-state index contributed by atoms with van der Waals surface area (Å²) in [6.45, 7) is 0.0527. The molecule has 7 nitrogen and oxygen atoms in total. The Balaban J connectivity index is 1.41. The molecule has 0 radical (unpaired) electrons. The smallest absolute Gasteiger partial charge is 0.257 e. The number of hydrogen-bond donors (Lipinski definition) is 2. The number of rotatable bonds is 8. The van der Waals surface area contributed by atoms with Crippen LogP contribution in [-0.2, 0) is 0 Å². The van der Waals surface area contributed by atoms with Gasteiger partial charge in [-0.3, -0.25) is 10.1 Å². The molecule has 5 rings (SSSR count). The maximum absolute atomic E-state index is 13.0. The van der Waals surface area contributed by atoms with Gasteiger partial charge in [0.15, 0.2) is 5.13 Å². The molecule has 8 heteroatoms. The first kappa shape index (κ1) is 22.8. The molecule has 0 aliphatic carbocycles. The van der Waals surface area contributed by atoms with Crippen LogP contribution in [0.2, 0.25) is 0 Å². The number of imidazole rings is 1. The van der Waals surface area contributed by atoms with E-state index in [2.05, 4.69) is 27.4 Å². The van der Waals surface area contributed by atoms with Gasteiger partial charge in [0.25, 0.3) is 5.91 Å². The van der Waals surface area contributed by atoms with Gasteiger partial charge < -0.3 is 14.4 Å². The highest BCUT2D eigenvalue weighted by atomic mass is 32.1. The van der Waals surface area contributed by atoms with Crippen molar-refractivity contribution in [3.05, 3.63) is 96.6 Å². The van der Waals surface area contributed by atoms with Crippen LogP contribution in [-0.4, -0.2) is 39.3 Å². The number of aromatic nitrogens is 3. The van der Waals surface area contributed by atoms with Crippen molar-refractivity contribution in [2.75, 3.05) is 19.0 Å². The van der Waals surface area contributed by atoms with Gasteiger partial charge in [0.2, 0.25) is 0 Å². The Hall–Kier alpha value is -4.01. The lowest BCUT2D eigenvalue weighted by atomic mass is 10.0. The molecule has 2 heterocycles. The van der Waals surface area contributed by atoms with E-state index in [-0.39, 0.29) is 18.6 Å². The number of fused-ring (bicyclic) bond motifs is 1. The number of benzene rings is 3. The van der Waals surface area contributed by atoms with Crippen LogP contribution < -0.4 is 10.1 Å². The highest BCUT2D eigenvalue weighted by Crippen LogP contribution is 2.39. The van der Waals surface area contributed by atoms with Crippen LogP contribution in [0.15, 0.2) is 85.5 Å². The number of ether oxygens (including phenoxy) is 1. The molecule has 0 fully saturated rings. The number of aliphatic hydroxyl groups excluding tert-OH is 1. The van der Waals surface area contributed by atoms with E-state index in [1.54, 1.807) is 31.8 Å². The van der Waals surface area contributed by atoms with Crippen LogP contribution in [0, 0.1) is 0 Å². The van der Waals surface area contributed by atoms with Gasteiger partial charge in [-0.25, -0.2) is 9.97 Å². The van der Waals surface area contributed by atoms with Crippen LogP contribution in [0.5, 0.6) is 5.75 Å². The lowest BCUT2D eigenvalue weighted by Crippen LogP contribution is -2.13. The second-order valence-electron chi connectivity index (χ2n) is 7.99. The first-order chi connectivity index (χ1) is 17.2. The van der Waals surface area contributed by atoms with Crippen molar-refractivity contribution in [2.45, 2.75) is 12.5 Å². The summed E-state index contributed by atoms with van der Waals surface area (Å²) in [6.07, 6.45) is 5.86. The quantitative estimate of drug-likeness (QED) is 0.308. The molecule has 0 aliphatic heterocycles. The van der Waals surface area contributed by atoms with E-state index in [1.165, 1.54) is 11.3 Å². The van der Waals surface area contributed by atoms with E-state index in [0.29, 0.717) is 22.9 Å². The largest absolute Gasteiger partial charge is 0.494 e. The molecule has 1 atom stereocenters. The van der Waals surface area contributed by atoms with Crippen molar-refractivity contribution < 1.29 is 14.6 Å². The zero-order valence-electron chi connectivity index (χ0n) is 19.1. The van der Waals surface area contributed by atoms with Crippen LogP contribution in [0.4, 0.5) is 5.13 Å². The molecule has 3 aromatic carbocycles. The number of anilines is 1. The summed E-state index contributed by atoms with van der Waals surface area (Å²) in [7, 11) is 1.62. The minimum absolute atomic E-state index is 0.0484. The minimum Gasteiger partial charge on any atom is -0.494 e. The number of nitrogens with zero attached hydrogens (tertiary/aromatic N) is 3. The molecule has 2 N–H and O–H groups in total. The molecule has 5 aromatic rings. The summed E-state index contributed by atoms with van der Waals surface area (Å²) >= 11 is 1.42. The summed E-state index contributed by atoms with van der Waals surface area (Å²) in [5.74, 6) is 0.424. The fourth-order valence-electron chi connectivity index (χ4n) is 4.14. The van der Waals surface area contributed by atoms with Gasteiger partial charge in [0.05, 0.1) is 24.2 Å². The summed E-state index contributed by atoms with van der Waals surface area (Å²) in [5.41, 5.74) is 4.35. The van der Waals surface area contributed by atoms with E-state index in [4.69, 9.17) is 4.74 Å². The van der Waals surface area contributed by atoms with Gasteiger partial charge in [-0.2, -0.15) is 0 Å². The first-order valence-corrected chi connectivity index (χ1v) is 12.0. The number of hydrogen-bond acceptors (Lipinski definition) is 6. The fourth-order valence-corrected chi connectivity index (χ4v) is 5.15. The van der Waals surface area contributed by atoms with E-state index in [9.17, 15) is 9.90 Å². The SMILES string of the molecule is COc1ccc(-c2ccccc2)c2sc(NC(=O)c3ccc(C(CCO)n4ccnc4)cc3)nc12. The zero-order valence-corrected chi connectivity index (χ0v) is 19.9. The molecule has 0 aliphatic rings. The maximum Gasteiger partial charge on any atom is 0.257 e. The molecule has 35 heavy (non-hydrogen) atoms. The van der Waals surface area contributed by atoms with Crippen LogP contribution in [0.1, 0.15) is 28.4 Å². The fraction of sp³-hybridized carbons (Fsp3) is 0.148. The Labute approximate surface area is 206 Å². The average Bonchev–Trinajstić information content (AvgIpc) is 3.58. The Morgan fingerprint density at radius 1 is 1.11 bits per heavy atom. The van der Waals surface area contributed by atoms with Crippen LogP contribution >= 0.6 is 11.3 Å². The number of carbonyl (C=O) groups is 1. The van der Waals surface area contributed by atoms with E-state index in [1.807, 2.05) is 53.2 Å². The second-order valence-corrected chi connectivity index (χ2v) is 8.99. The number of nitrogens with one attached hydrogen (secondary N) is 1. The molecular formula is C27H24N4O3S. The van der Waals surface area contributed by atoms with Gasteiger partial charge in [0.1, 0.15) is 11.3 Å². The van der Waals surface area contributed by atoms with Gasteiger partial charge in [-0.1, -0.05) is 53.8 Å². The normalized spacial score (nSPS) is 11.9. The van der Waals surface area contributed by atoms with Crippen molar-refractivity contribution in [3.63, 3.8) is 0 Å². The molecule has 0 spiro atoms. The third-order valence-corrected chi connectivity index (χ3v) is 6.88. The van der Waals surface area contributed by atoms with Crippen LogP contribution in [0.3, 0.4) is 0 Å². The van der Waals surface area contributed by atoms with Crippen molar-refractivity contribution >= 4 is 32.6 Å². The van der Waals surface area contributed by atoms with Crippen molar-refractivity contribution in [3.8, 4) is 16.9 Å². The van der Waals surface area contributed by atoms with E-state index >= 15 is 0 Å². The average molecular weight is 485 g/mol. The molecule has 1 amide bonds. The Kier molecular flexibility index (Phi) is 6.56. The number of methoxy groups -OCH3 is 1. The van der Waals surface area contributed by atoms with E-state index < -0.39 is 0 Å². The highest BCUT2D eigenvalue weighted by molar-refractivity contribution is 7.23. The molecule has 2 aromatic heterocycles. The molecule has 0 bridgehead atoms. The number of thiazole rings is 1. The molecule has 1 unspecified atom stereocenters. The lowest BCUT2D eigenvalue weighted by Gasteiger charge is -2.18. The molecule has 0 saturated carbocycles. The third-order valence-electron chi connectivity index (χ3n) is 5.88. The second kappa shape index (κ2) is 10.1. The van der Waals surface area contributed by atoms with Gasteiger partial charge >= 0.3 is 0 Å². The third kappa shape index (κ3) is 4.66. The Morgan fingerprint density at radius 2 is 1.91 bits per heavy atom. The standard InChI is InChI=1S/C27H24N4O3S/c1-34-23-12-11-21(18-5-3-2-4-6-18)25-24(23)29-27(35-25)30-26(33)20-9-7-19(8-10-20)22(13-16-32)31-15-14-28-17-31/h2-12,14-15,17,22,32H,13,16H2,1H3,(H,29,30,33). The minimum atomic E-state index is -0.239. The van der Waals surface area contributed by atoms with Crippen molar-refractivity contribution in [1.29, 1.82) is 0 Å². The lowest BCUT2D eigenvalue weighted by molar-refractivity contribution is 0.102. The predicted octanol–water partition coefficient (Wildman–Crippen LogP) is 5.39. The van der Waals surface area contributed by atoms with Gasteiger partial charge in [-0.15, -0.1) is 0 Å². The van der Waals surface area contributed by atoms with Crippen molar-refractivity contribution in [2.24, 2.45) is 0 Å². The summed E-state index contributed by atoms with van der Waals surface area (Å²) < 4.78 is 8.42. The van der Waals surface area contributed by atoms with Crippen molar-refractivity contribution in [1.82, 2.24) is 14.5 Å². The maximum atomic E-state index is 13.0. The monoisotopic (exact) mass is 484 g/mol. The molecule has 176 valence electrons. The zero-order chi connectivity index (χ0) is 24.2. The van der Waals surface area contributed by atoms with Gasteiger partial charge in [0, 0.05) is 30.1 Å². The predicted molar refractivity (Wildman–Crippen MR) is 138 cm³/mol. The first-order valence-electron chi connectivity index (χ1n) is 11.2. The summed E-state index contributed by atoms with van der Waals surface area (Å²) in [4.78, 5) is 21.8. The summed E-state index contributed by atoms with van der Waals surface area (Å²) in [5, 5.41) is 12.9. The molecule has 0 saturated heterocycles. The topological polar surface area (TPSA) is 89.3 Å². The summed E-state index contributed by atoms with van der Waals surface area (Å²) in [6, 6.07) is 21.3. The number of aliphatic hydroxyl groups is 1. The number of amides is 1. The van der Waals surface area contributed by atoms with Crippen LogP contribution in [0.25, 0.3) is 21.3 Å².